The fourth-order valence-electron chi connectivity index (χ4n) is 2.97. The number of likely N-dealkylation sites (tertiary alicyclic amines) is 1. The third-order valence-electron chi connectivity index (χ3n) is 4.28. The van der Waals surface area contributed by atoms with Gasteiger partial charge in [-0.3, -0.25) is 4.79 Å². The van der Waals surface area contributed by atoms with Crippen LogP contribution in [0.15, 0.2) is 24.3 Å². The molecule has 0 radical (unpaired) electrons. The van der Waals surface area contributed by atoms with Crippen LogP contribution >= 0.6 is 0 Å². The van der Waals surface area contributed by atoms with Crippen LogP contribution in [0.4, 0.5) is 0 Å². The van der Waals surface area contributed by atoms with Crippen molar-refractivity contribution >= 4 is 5.78 Å². The molecule has 1 atom stereocenters. The number of piperidine rings is 1. The summed E-state index contributed by atoms with van der Waals surface area (Å²) in [7, 11) is 0. The number of aryl methyl sites for hydroxylation is 1. The molecule has 1 heterocycles. The molecule has 1 aliphatic heterocycles. The molecule has 19 heavy (non-hydrogen) atoms. The van der Waals surface area contributed by atoms with E-state index in [1.54, 1.807) is 0 Å². The summed E-state index contributed by atoms with van der Waals surface area (Å²) in [5, 5.41) is 0. The van der Waals surface area contributed by atoms with Crippen molar-refractivity contribution in [3.63, 3.8) is 0 Å². The standard InChI is InChI=1S/C17H25NO/c1-3-15-8-6-11-18(13-15)12-10-17(19)16-9-5-4-7-14(16)2/h4-5,7,9,15H,3,6,8,10-13H2,1-2H3. The molecule has 2 heteroatoms. The quantitative estimate of drug-likeness (QED) is 0.752. The van der Waals surface area contributed by atoms with Crippen molar-refractivity contribution in [2.24, 2.45) is 5.92 Å². The molecule has 0 saturated carbocycles. The molecule has 0 amide bonds. The second-order valence-corrected chi connectivity index (χ2v) is 5.71. The van der Waals surface area contributed by atoms with E-state index in [2.05, 4.69) is 11.8 Å². The van der Waals surface area contributed by atoms with Crippen molar-refractivity contribution in [2.75, 3.05) is 19.6 Å². The molecule has 0 bridgehead atoms. The number of carbonyl (C=O) groups excluding carboxylic acids is 1. The number of rotatable bonds is 5. The summed E-state index contributed by atoms with van der Waals surface area (Å²) < 4.78 is 0. The summed E-state index contributed by atoms with van der Waals surface area (Å²) in [6.07, 6.45) is 4.57. The first-order valence-corrected chi connectivity index (χ1v) is 7.52. The van der Waals surface area contributed by atoms with E-state index in [1.807, 2.05) is 31.2 Å². The molecule has 1 saturated heterocycles. The Bertz CT molecular complexity index is 427. The summed E-state index contributed by atoms with van der Waals surface area (Å²) in [4.78, 5) is 14.7. The minimum Gasteiger partial charge on any atom is -0.303 e. The van der Waals surface area contributed by atoms with Crippen LogP contribution in [0.5, 0.6) is 0 Å². The van der Waals surface area contributed by atoms with Gasteiger partial charge in [0.2, 0.25) is 0 Å². The second kappa shape index (κ2) is 6.85. The molecule has 2 rings (SSSR count). The molecule has 0 spiro atoms. The minimum absolute atomic E-state index is 0.289. The summed E-state index contributed by atoms with van der Waals surface area (Å²) in [5.41, 5.74) is 1.99. The smallest absolute Gasteiger partial charge is 0.164 e. The lowest BCUT2D eigenvalue weighted by atomic mass is 9.95. The first-order chi connectivity index (χ1) is 9.20. The largest absolute Gasteiger partial charge is 0.303 e. The third-order valence-corrected chi connectivity index (χ3v) is 4.28. The van der Waals surface area contributed by atoms with Crippen molar-refractivity contribution < 1.29 is 4.79 Å². The molecule has 104 valence electrons. The second-order valence-electron chi connectivity index (χ2n) is 5.71. The monoisotopic (exact) mass is 259 g/mol. The number of nitrogens with zero attached hydrogens (tertiary/aromatic N) is 1. The van der Waals surface area contributed by atoms with Gasteiger partial charge in [0, 0.05) is 25.1 Å². The van der Waals surface area contributed by atoms with Gasteiger partial charge in [0.15, 0.2) is 5.78 Å². The van der Waals surface area contributed by atoms with Gasteiger partial charge in [-0.25, -0.2) is 0 Å². The van der Waals surface area contributed by atoms with E-state index < -0.39 is 0 Å². The fourth-order valence-corrected chi connectivity index (χ4v) is 2.97. The Labute approximate surface area is 116 Å². The maximum absolute atomic E-state index is 12.2. The van der Waals surface area contributed by atoms with E-state index in [-0.39, 0.29) is 5.78 Å². The molecule has 0 N–H and O–H groups in total. The molecule has 0 aromatic heterocycles. The molecule has 2 nitrogen and oxygen atoms in total. The van der Waals surface area contributed by atoms with Gasteiger partial charge in [0.1, 0.15) is 0 Å². The normalized spacial score (nSPS) is 20.4. The highest BCUT2D eigenvalue weighted by Crippen LogP contribution is 2.19. The molecule has 1 aliphatic rings. The van der Waals surface area contributed by atoms with Crippen LogP contribution in [0.25, 0.3) is 0 Å². The van der Waals surface area contributed by atoms with Gasteiger partial charge in [-0.1, -0.05) is 37.6 Å². The molecular weight excluding hydrogens is 234 g/mol. The lowest BCUT2D eigenvalue weighted by Gasteiger charge is -2.32. The van der Waals surface area contributed by atoms with E-state index in [1.165, 1.54) is 25.8 Å². The number of ketones is 1. The van der Waals surface area contributed by atoms with Crippen LogP contribution in [0.3, 0.4) is 0 Å². The zero-order valence-corrected chi connectivity index (χ0v) is 12.2. The van der Waals surface area contributed by atoms with Crippen LogP contribution in [0.1, 0.15) is 48.5 Å². The van der Waals surface area contributed by atoms with Crippen molar-refractivity contribution in [2.45, 2.75) is 39.5 Å². The Morgan fingerprint density at radius 1 is 1.37 bits per heavy atom. The van der Waals surface area contributed by atoms with E-state index in [0.717, 1.165) is 30.1 Å². The first kappa shape index (κ1) is 14.3. The molecule has 1 unspecified atom stereocenters. The maximum atomic E-state index is 12.2. The highest BCUT2D eigenvalue weighted by atomic mass is 16.1. The number of Topliss-reactive ketones (excluding diaryl/α,β-unsaturated/α-hetero) is 1. The molecule has 1 fully saturated rings. The van der Waals surface area contributed by atoms with Gasteiger partial charge in [-0.15, -0.1) is 0 Å². The lowest BCUT2D eigenvalue weighted by Crippen LogP contribution is -2.36. The van der Waals surface area contributed by atoms with E-state index >= 15 is 0 Å². The minimum atomic E-state index is 0.289. The fraction of sp³-hybridized carbons (Fsp3) is 0.588. The van der Waals surface area contributed by atoms with Crippen LogP contribution in [0, 0.1) is 12.8 Å². The summed E-state index contributed by atoms with van der Waals surface area (Å²) >= 11 is 0. The van der Waals surface area contributed by atoms with Crippen LogP contribution in [-0.2, 0) is 0 Å². The van der Waals surface area contributed by atoms with Gasteiger partial charge < -0.3 is 4.90 Å². The molecular formula is C17H25NO. The van der Waals surface area contributed by atoms with Crippen molar-refractivity contribution in [3.8, 4) is 0 Å². The lowest BCUT2D eigenvalue weighted by molar-refractivity contribution is 0.0945. The Morgan fingerprint density at radius 2 is 2.16 bits per heavy atom. The van der Waals surface area contributed by atoms with Crippen LogP contribution in [0.2, 0.25) is 0 Å². The predicted octanol–water partition coefficient (Wildman–Crippen LogP) is 3.69. The zero-order valence-electron chi connectivity index (χ0n) is 12.2. The average molecular weight is 259 g/mol. The predicted molar refractivity (Wildman–Crippen MR) is 79.6 cm³/mol. The maximum Gasteiger partial charge on any atom is 0.164 e. The zero-order chi connectivity index (χ0) is 13.7. The number of hydrogen-bond donors (Lipinski definition) is 0. The molecule has 0 aliphatic carbocycles. The Balaban J connectivity index is 1.85. The highest BCUT2D eigenvalue weighted by molar-refractivity contribution is 5.97. The summed E-state index contributed by atoms with van der Waals surface area (Å²) in [5.74, 6) is 1.12. The van der Waals surface area contributed by atoms with Crippen molar-refractivity contribution in [3.05, 3.63) is 35.4 Å². The topological polar surface area (TPSA) is 20.3 Å². The van der Waals surface area contributed by atoms with Crippen LogP contribution < -0.4 is 0 Å². The van der Waals surface area contributed by atoms with Crippen LogP contribution in [-0.4, -0.2) is 30.3 Å². The third kappa shape index (κ3) is 3.90. The SMILES string of the molecule is CCC1CCCN(CCC(=O)c2ccccc2C)C1. The molecule has 1 aromatic carbocycles. The van der Waals surface area contributed by atoms with Gasteiger partial charge in [-0.05, 0) is 37.8 Å². The summed E-state index contributed by atoms with van der Waals surface area (Å²) in [6, 6.07) is 7.90. The van der Waals surface area contributed by atoms with Gasteiger partial charge in [0.05, 0.1) is 0 Å². The van der Waals surface area contributed by atoms with E-state index in [4.69, 9.17) is 0 Å². The number of hydrogen-bond acceptors (Lipinski definition) is 2. The van der Waals surface area contributed by atoms with Gasteiger partial charge >= 0.3 is 0 Å². The van der Waals surface area contributed by atoms with Gasteiger partial charge in [-0.2, -0.15) is 0 Å². The average Bonchev–Trinajstić information content (AvgIpc) is 2.45. The van der Waals surface area contributed by atoms with E-state index in [9.17, 15) is 4.79 Å². The highest BCUT2D eigenvalue weighted by Gasteiger charge is 2.19. The Hall–Kier alpha value is -1.15. The summed E-state index contributed by atoms with van der Waals surface area (Å²) in [6.45, 7) is 7.55. The number of benzene rings is 1. The Morgan fingerprint density at radius 3 is 2.89 bits per heavy atom. The molecule has 1 aromatic rings. The first-order valence-electron chi connectivity index (χ1n) is 7.52. The van der Waals surface area contributed by atoms with E-state index in [0.29, 0.717) is 6.42 Å². The van der Waals surface area contributed by atoms with Crippen molar-refractivity contribution in [1.29, 1.82) is 0 Å². The van der Waals surface area contributed by atoms with Crippen molar-refractivity contribution in [1.82, 2.24) is 4.90 Å². The Kier molecular flexibility index (Phi) is 5.15. The number of carbonyl (C=O) groups is 1. The van der Waals surface area contributed by atoms with Gasteiger partial charge in [0.25, 0.3) is 0 Å².